The molecule has 8 nitrogen and oxygen atoms in total. The number of likely N-dealkylation sites (N-methyl/N-ethyl adjacent to an activating group) is 1. The minimum atomic E-state index is -0.955. The number of nitrogens with zero attached hydrogens (tertiary/aromatic N) is 3. The van der Waals surface area contributed by atoms with Gasteiger partial charge < -0.3 is 15.0 Å². The van der Waals surface area contributed by atoms with Crippen LogP contribution in [0.15, 0.2) is 54.6 Å². The predicted octanol–water partition coefficient (Wildman–Crippen LogP) is 3.44. The maximum absolute atomic E-state index is 13.9. The molecule has 0 unspecified atom stereocenters. The van der Waals surface area contributed by atoms with Gasteiger partial charge in [0, 0.05) is 25.7 Å². The van der Waals surface area contributed by atoms with E-state index in [4.69, 9.17) is 4.74 Å². The lowest BCUT2D eigenvalue weighted by atomic mass is 9.80. The molecule has 2 fully saturated rings. The lowest BCUT2D eigenvalue weighted by Gasteiger charge is -2.32. The maximum Gasteiger partial charge on any atom is 0.410 e. The number of nitrogens with one attached hydrogen (secondary N) is 1. The second kappa shape index (κ2) is 9.06. The molecule has 3 aliphatic rings. The van der Waals surface area contributed by atoms with Crippen LogP contribution < -0.4 is 5.32 Å². The Hall–Kier alpha value is -3.86. The Morgan fingerprint density at radius 1 is 1.20 bits per heavy atom. The number of hydrogen-bond donors (Lipinski definition) is 1. The molecule has 3 atom stereocenters. The number of benzene rings is 2. The maximum atomic E-state index is 13.9. The molecule has 35 heavy (non-hydrogen) atoms. The van der Waals surface area contributed by atoms with Crippen LogP contribution in [0.3, 0.4) is 0 Å². The molecule has 1 N–H and O–H groups in total. The third-order valence-corrected chi connectivity index (χ3v) is 7.42. The summed E-state index contributed by atoms with van der Waals surface area (Å²) in [7, 11) is 1.57. The highest BCUT2D eigenvalue weighted by Gasteiger charge is 2.57. The van der Waals surface area contributed by atoms with Gasteiger partial charge in [-0.2, -0.15) is 5.26 Å². The number of para-hydroxylation sites is 1. The molecule has 1 spiro atoms. The van der Waals surface area contributed by atoms with Crippen LogP contribution in [0.4, 0.5) is 10.5 Å². The van der Waals surface area contributed by atoms with Crippen molar-refractivity contribution in [1.82, 2.24) is 9.80 Å². The lowest BCUT2D eigenvalue weighted by Crippen LogP contribution is -2.51. The van der Waals surface area contributed by atoms with Gasteiger partial charge in [0.15, 0.2) is 0 Å². The summed E-state index contributed by atoms with van der Waals surface area (Å²) < 4.78 is 5.48. The number of fused-ring (bicyclic) bond motifs is 2. The smallest absolute Gasteiger partial charge is 0.410 e. The SMILES string of the molecule is CN(C(=O)OCc1ccccc1)[C@@H](CC1CC1)C(=O)N1C[C@]2(C[C@H]1C#N)C(=O)Nc1ccccc12. The highest BCUT2D eigenvalue weighted by molar-refractivity contribution is 6.07. The van der Waals surface area contributed by atoms with Gasteiger partial charge in [0.25, 0.3) is 0 Å². The summed E-state index contributed by atoms with van der Waals surface area (Å²) in [6, 6.07) is 17.5. The van der Waals surface area contributed by atoms with Gasteiger partial charge in [0.1, 0.15) is 18.7 Å². The molecule has 0 aromatic heterocycles. The predicted molar refractivity (Wildman–Crippen MR) is 128 cm³/mol. The highest BCUT2D eigenvalue weighted by atomic mass is 16.6. The fraction of sp³-hybridized carbons (Fsp3) is 0.407. The summed E-state index contributed by atoms with van der Waals surface area (Å²) in [5.41, 5.74) is 1.44. The number of ether oxygens (including phenoxy) is 1. The molecule has 1 aliphatic carbocycles. The van der Waals surface area contributed by atoms with Crippen molar-refractivity contribution in [3.8, 4) is 6.07 Å². The van der Waals surface area contributed by atoms with Crippen LogP contribution in [0.25, 0.3) is 0 Å². The van der Waals surface area contributed by atoms with Crippen molar-refractivity contribution < 1.29 is 19.1 Å². The Bertz CT molecular complexity index is 1190. The van der Waals surface area contributed by atoms with Crippen molar-refractivity contribution in [3.63, 3.8) is 0 Å². The lowest BCUT2D eigenvalue weighted by molar-refractivity contribution is -0.136. The Labute approximate surface area is 204 Å². The van der Waals surface area contributed by atoms with Gasteiger partial charge in [0.2, 0.25) is 11.8 Å². The van der Waals surface area contributed by atoms with E-state index in [2.05, 4.69) is 11.4 Å². The Kier molecular flexibility index (Phi) is 5.93. The highest BCUT2D eigenvalue weighted by Crippen LogP contribution is 2.46. The molecular formula is C27H28N4O4. The number of likely N-dealkylation sites (tertiary alicyclic amines) is 1. The second-order valence-corrected chi connectivity index (χ2v) is 9.74. The molecule has 0 bridgehead atoms. The monoisotopic (exact) mass is 472 g/mol. The van der Waals surface area contributed by atoms with Gasteiger partial charge >= 0.3 is 6.09 Å². The van der Waals surface area contributed by atoms with Crippen molar-refractivity contribution in [1.29, 1.82) is 5.26 Å². The molecule has 180 valence electrons. The second-order valence-electron chi connectivity index (χ2n) is 9.74. The first-order chi connectivity index (χ1) is 16.9. The van der Waals surface area contributed by atoms with E-state index in [1.54, 1.807) is 7.05 Å². The van der Waals surface area contributed by atoms with Crippen LogP contribution in [0, 0.1) is 17.2 Å². The third kappa shape index (κ3) is 4.23. The van der Waals surface area contributed by atoms with Gasteiger partial charge in [-0.1, -0.05) is 61.4 Å². The van der Waals surface area contributed by atoms with E-state index < -0.39 is 23.6 Å². The Balaban J connectivity index is 1.36. The molecule has 0 radical (unpaired) electrons. The first kappa shape index (κ1) is 22.9. The molecule has 1 saturated heterocycles. The Morgan fingerprint density at radius 3 is 2.63 bits per heavy atom. The zero-order chi connectivity index (χ0) is 24.6. The quantitative estimate of drug-likeness (QED) is 0.694. The van der Waals surface area contributed by atoms with Gasteiger partial charge in [-0.05, 0) is 29.5 Å². The first-order valence-electron chi connectivity index (χ1n) is 12.0. The Morgan fingerprint density at radius 2 is 1.91 bits per heavy atom. The van der Waals surface area contributed by atoms with Crippen molar-refractivity contribution in [2.75, 3.05) is 18.9 Å². The van der Waals surface area contributed by atoms with Crippen LogP contribution in [0.2, 0.25) is 0 Å². The van der Waals surface area contributed by atoms with Crippen LogP contribution >= 0.6 is 0 Å². The van der Waals surface area contributed by atoms with Crippen molar-refractivity contribution in [3.05, 3.63) is 65.7 Å². The molecule has 2 aliphatic heterocycles. The summed E-state index contributed by atoms with van der Waals surface area (Å²) in [5.74, 6) is -0.138. The molecule has 3 amide bonds. The summed E-state index contributed by atoms with van der Waals surface area (Å²) in [5, 5.41) is 12.8. The standard InChI is InChI=1S/C27H28N4O4/c1-30(26(34)35-16-19-7-3-2-4-8-19)23(13-18-11-12-18)24(32)31-17-27(14-20(31)15-28)21-9-5-6-10-22(21)29-25(27)33/h2-10,18,20,23H,11-14,16-17H2,1H3,(H,29,33)/t20-,23-,27-/m0/s1. The van der Waals surface area contributed by atoms with E-state index in [-0.39, 0.29) is 31.4 Å². The van der Waals surface area contributed by atoms with Gasteiger partial charge in [-0.3, -0.25) is 14.5 Å². The van der Waals surface area contributed by atoms with Gasteiger partial charge in [-0.15, -0.1) is 0 Å². The zero-order valence-electron chi connectivity index (χ0n) is 19.6. The number of rotatable bonds is 6. The number of anilines is 1. The zero-order valence-corrected chi connectivity index (χ0v) is 19.6. The summed E-state index contributed by atoms with van der Waals surface area (Å²) >= 11 is 0. The minimum Gasteiger partial charge on any atom is -0.445 e. The molecule has 5 rings (SSSR count). The minimum absolute atomic E-state index is 0.110. The first-order valence-corrected chi connectivity index (χ1v) is 12.0. The third-order valence-electron chi connectivity index (χ3n) is 7.42. The normalized spacial score (nSPS) is 23.4. The summed E-state index contributed by atoms with van der Waals surface area (Å²) in [6.07, 6.45) is 2.19. The molecule has 8 heteroatoms. The number of nitriles is 1. The van der Waals surface area contributed by atoms with E-state index in [9.17, 15) is 19.6 Å². The molecule has 2 heterocycles. The van der Waals surface area contributed by atoms with Crippen LogP contribution in [-0.4, -0.2) is 53.4 Å². The summed E-state index contributed by atoms with van der Waals surface area (Å²) in [4.78, 5) is 42.7. The fourth-order valence-corrected chi connectivity index (χ4v) is 5.22. The number of amides is 3. The number of carbonyl (C=O) groups excluding carboxylic acids is 3. The van der Waals surface area contributed by atoms with Crippen molar-refractivity contribution in [2.45, 2.75) is 49.8 Å². The topological polar surface area (TPSA) is 103 Å². The van der Waals surface area contributed by atoms with Gasteiger partial charge in [-0.25, -0.2) is 4.79 Å². The van der Waals surface area contributed by atoms with Crippen LogP contribution in [-0.2, 0) is 26.3 Å². The van der Waals surface area contributed by atoms with E-state index in [0.717, 1.165) is 29.7 Å². The fourth-order valence-electron chi connectivity index (χ4n) is 5.22. The van der Waals surface area contributed by atoms with Crippen molar-refractivity contribution >= 4 is 23.6 Å². The van der Waals surface area contributed by atoms with Crippen LogP contribution in [0.1, 0.15) is 36.8 Å². The average molecular weight is 473 g/mol. The van der Waals surface area contributed by atoms with Crippen molar-refractivity contribution in [2.24, 2.45) is 5.92 Å². The molecule has 1 saturated carbocycles. The average Bonchev–Trinajstić information content (AvgIpc) is 3.56. The molecule has 2 aromatic carbocycles. The van der Waals surface area contributed by atoms with Gasteiger partial charge in [0.05, 0.1) is 11.5 Å². The van der Waals surface area contributed by atoms with Crippen LogP contribution in [0.5, 0.6) is 0 Å². The molecule has 2 aromatic rings. The van der Waals surface area contributed by atoms with E-state index >= 15 is 0 Å². The van der Waals surface area contributed by atoms with E-state index in [1.165, 1.54) is 9.80 Å². The van der Waals surface area contributed by atoms with E-state index in [1.807, 2.05) is 54.6 Å². The molecular weight excluding hydrogens is 444 g/mol. The summed E-state index contributed by atoms with van der Waals surface area (Å²) in [6.45, 7) is 0.222. The van der Waals surface area contributed by atoms with E-state index in [0.29, 0.717) is 12.3 Å². The number of carbonyl (C=O) groups is 3. The largest absolute Gasteiger partial charge is 0.445 e. The number of hydrogen-bond acceptors (Lipinski definition) is 5.